The topological polar surface area (TPSA) is 9.23 Å². The number of fused-ring (bicyclic) bond motifs is 2. The quantitative estimate of drug-likeness (QED) is 0.472. The van der Waals surface area contributed by atoms with Crippen LogP contribution in [0.15, 0.2) is 91.0 Å². The summed E-state index contributed by atoms with van der Waals surface area (Å²) in [5.74, 6) is 2.38. The minimum atomic E-state index is -3.29. The molecule has 0 aromatic heterocycles. The number of ether oxygens (including phenoxy) is 1. The van der Waals surface area contributed by atoms with Gasteiger partial charge in [-0.15, -0.1) is 0 Å². The second-order valence-electron chi connectivity index (χ2n) is 8.88. The molecule has 3 aromatic rings. The molecule has 0 spiro atoms. The molecule has 4 atom stereocenters. The van der Waals surface area contributed by atoms with E-state index in [2.05, 4.69) is 91.0 Å². The molecule has 0 saturated heterocycles. The van der Waals surface area contributed by atoms with Gasteiger partial charge in [0.15, 0.2) is 0 Å². The van der Waals surface area contributed by atoms with Gasteiger partial charge in [0.1, 0.15) is 0 Å². The van der Waals surface area contributed by atoms with Gasteiger partial charge in [-0.3, -0.25) is 0 Å². The average molecular weight is 489 g/mol. The van der Waals surface area contributed by atoms with Crippen LogP contribution in [-0.2, 0) is 4.74 Å². The Bertz CT molecular complexity index is 828. The first-order valence-corrected chi connectivity index (χ1v) is 16.9. The van der Waals surface area contributed by atoms with Gasteiger partial charge in [-0.05, 0) is 0 Å². The van der Waals surface area contributed by atoms with Gasteiger partial charge in [0.05, 0.1) is 0 Å². The third kappa shape index (κ3) is 3.18. The van der Waals surface area contributed by atoms with Crippen LogP contribution in [0.1, 0.15) is 19.3 Å². The van der Waals surface area contributed by atoms with Crippen LogP contribution in [0.5, 0.6) is 0 Å². The number of hydrogen-bond acceptors (Lipinski definition) is 1. The second-order valence-corrected chi connectivity index (χ2v) is 20.3. The summed E-state index contributed by atoms with van der Waals surface area (Å²) >= 11 is -3.29. The van der Waals surface area contributed by atoms with Crippen molar-refractivity contribution in [1.82, 2.24) is 0 Å². The summed E-state index contributed by atoms with van der Waals surface area (Å²) in [5.41, 5.74) is 0. The summed E-state index contributed by atoms with van der Waals surface area (Å²) in [6, 6.07) is 34.7. The molecule has 2 heteroatoms. The van der Waals surface area contributed by atoms with E-state index >= 15 is 0 Å². The predicted molar refractivity (Wildman–Crippen MR) is 124 cm³/mol. The van der Waals surface area contributed by atoms with Gasteiger partial charge >= 0.3 is 180 Å². The predicted octanol–water partition coefficient (Wildman–Crippen LogP) is 4.22. The summed E-state index contributed by atoms with van der Waals surface area (Å²) in [6.07, 6.45) is 4.21. The van der Waals surface area contributed by atoms with Crippen molar-refractivity contribution >= 4 is 29.1 Å². The molecule has 0 radical (unpaired) electrons. The Kier molecular flexibility index (Phi) is 5.53. The zero-order valence-electron chi connectivity index (χ0n) is 17.2. The minimum absolute atomic E-state index is 0.690. The van der Waals surface area contributed by atoms with Crippen LogP contribution < -0.4 is 10.7 Å². The molecule has 2 fully saturated rings. The van der Waals surface area contributed by atoms with E-state index in [9.17, 15) is 0 Å². The summed E-state index contributed by atoms with van der Waals surface area (Å²) in [4.78, 5) is 0. The van der Waals surface area contributed by atoms with E-state index in [0.717, 1.165) is 22.4 Å². The van der Waals surface area contributed by atoms with Crippen molar-refractivity contribution in [2.45, 2.75) is 23.2 Å². The van der Waals surface area contributed by atoms with Gasteiger partial charge < -0.3 is 0 Å². The van der Waals surface area contributed by atoms with E-state index in [4.69, 9.17) is 4.74 Å². The maximum atomic E-state index is 5.85. The SMILES string of the molecule is COC[C@@H]1[C@@H]2CC[C@@H](C2)[C@H]1[Sn]([c]1ccccc1)([c]1ccccc1)[c]1ccccc1. The van der Waals surface area contributed by atoms with E-state index in [1.54, 1.807) is 10.7 Å². The Morgan fingerprint density at radius 3 is 1.59 bits per heavy atom. The van der Waals surface area contributed by atoms with Crippen LogP contribution in [0.4, 0.5) is 0 Å². The van der Waals surface area contributed by atoms with Crippen LogP contribution in [0.3, 0.4) is 0 Å². The molecule has 1 nitrogen and oxygen atoms in total. The number of hydrogen-bond donors (Lipinski definition) is 0. The van der Waals surface area contributed by atoms with Gasteiger partial charge in [-0.1, -0.05) is 0 Å². The molecule has 0 amide bonds. The summed E-state index contributed by atoms with van der Waals surface area (Å²) in [6.45, 7) is 0.914. The molecule has 5 rings (SSSR count). The molecule has 0 heterocycles. The van der Waals surface area contributed by atoms with E-state index in [1.807, 2.05) is 7.11 Å². The first-order chi connectivity index (χ1) is 14.4. The molecule has 2 aliphatic carbocycles. The molecule has 2 bridgehead atoms. The maximum absolute atomic E-state index is 5.85. The van der Waals surface area contributed by atoms with Gasteiger partial charge in [0.25, 0.3) is 0 Å². The Balaban J connectivity index is 1.81. The summed E-state index contributed by atoms with van der Waals surface area (Å²) in [7, 11) is 1.90. The third-order valence-electron chi connectivity index (χ3n) is 7.63. The van der Waals surface area contributed by atoms with Crippen LogP contribution >= 0.6 is 0 Å². The number of rotatable bonds is 6. The van der Waals surface area contributed by atoms with Gasteiger partial charge in [-0.2, -0.15) is 0 Å². The van der Waals surface area contributed by atoms with Crippen molar-refractivity contribution in [3.05, 3.63) is 91.0 Å². The summed E-state index contributed by atoms with van der Waals surface area (Å²) < 4.78 is 11.5. The standard InChI is InChI=1S/C9H15O.3C6H5.Sn/c1-10-6-9-5-7-2-3-8(9)4-7;3*1-2-4-6-5-3-1;/h5,7-9H,2-4,6H2,1H3;3*1-5H;/t7-,8+,9+;;;;/m0..../s1. The average Bonchev–Trinajstić information content (AvgIpc) is 3.40. The zero-order valence-corrected chi connectivity index (χ0v) is 20.1. The molecule has 2 aliphatic rings. The van der Waals surface area contributed by atoms with E-state index < -0.39 is 18.4 Å². The Morgan fingerprint density at radius 2 is 1.14 bits per heavy atom. The molecule has 3 aromatic carbocycles. The number of benzene rings is 3. The summed E-state index contributed by atoms with van der Waals surface area (Å²) in [5, 5.41) is 0. The normalized spacial score (nSPS) is 26.0. The van der Waals surface area contributed by atoms with E-state index in [0.29, 0.717) is 5.92 Å². The first-order valence-electron chi connectivity index (χ1n) is 11.0. The fraction of sp³-hybridized carbons (Fsp3) is 0.333. The van der Waals surface area contributed by atoms with Gasteiger partial charge in [0, 0.05) is 0 Å². The Morgan fingerprint density at radius 1 is 0.690 bits per heavy atom. The molecule has 148 valence electrons. The van der Waals surface area contributed by atoms with Crippen molar-refractivity contribution in [1.29, 1.82) is 0 Å². The van der Waals surface area contributed by atoms with E-state index in [-0.39, 0.29) is 0 Å². The first kappa shape index (κ1) is 19.4. The molecule has 2 saturated carbocycles. The van der Waals surface area contributed by atoms with Crippen LogP contribution in [0.2, 0.25) is 3.93 Å². The van der Waals surface area contributed by atoms with Crippen molar-refractivity contribution in [3.63, 3.8) is 0 Å². The van der Waals surface area contributed by atoms with Crippen LogP contribution in [-0.4, -0.2) is 32.1 Å². The van der Waals surface area contributed by atoms with E-state index in [1.165, 1.54) is 19.3 Å². The molecular formula is C27H30OSn. The monoisotopic (exact) mass is 490 g/mol. The third-order valence-corrected chi connectivity index (χ3v) is 23.7. The molecule has 0 N–H and O–H groups in total. The molecule has 29 heavy (non-hydrogen) atoms. The Hall–Kier alpha value is -1.58. The fourth-order valence-corrected chi connectivity index (χ4v) is 24.8. The van der Waals surface area contributed by atoms with Gasteiger partial charge in [0.2, 0.25) is 0 Å². The zero-order chi connectivity index (χ0) is 19.7. The second kappa shape index (κ2) is 8.27. The molecule has 0 unspecified atom stereocenters. The van der Waals surface area contributed by atoms with Crippen molar-refractivity contribution in [3.8, 4) is 0 Å². The van der Waals surface area contributed by atoms with Gasteiger partial charge in [-0.25, -0.2) is 0 Å². The van der Waals surface area contributed by atoms with Crippen molar-refractivity contribution in [2.24, 2.45) is 17.8 Å². The van der Waals surface area contributed by atoms with Crippen LogP contribution in [0, 0.1) is 17.8 Å². The van der Waals surface area contributed by atoms with Crippen molar-refractivity contribution < 1.29 is 4.74 Å². The molecule has 0 aliphatic heterocycles. The fourth-order valence-electron chi connectivity index (χ4n) is 6.70. The van der Waals surface area contributed by atoms with Crippen molar-refractivity contribution in [2.75, 3.05) is 13.7 Å². The molecular weight excluding hydrogens is 459 g/mol. The Labute approximate surface area is 179 Å². The van der Waals surface area contributed by atoms with Crippen LogP contribution in [0.25, 0.3) is 0 Å². The number of methoxy groups -OCH3 is 1.